The van der Waals surface area contributed by atoms with E-state index in [1.54, 1.807) is 18.6 Å². The van der Waals surface area contributed by atoms with E-state index in [0.717, 1.165) is 59.3 Å². The summed E-state index contributed by atoms with van der Waals surface area (Å²) in [5.41, 5.74) is 3.69. The predicted molar refractivity (Wildman–Crippen MR) is 109 cm³/mol. The third-order valence-electron chi connectivity index (χ3n) is 5.57. The zero-order chi connectivity index (χ0) is 19.1. The first-order valence-electron chi connectivity index (χ1n) is 9.68. The minimum Gasteiger partial charge on any atom is -0.479 e. The molecule has 1 aromatic carbocycles. The Morgan fingerprint density at radius 1 is 1.11 bits per heavy atom. The number of hydrogen-bond donors (Lipinski definition) is 0. The predicted octanol–water partition coefficient (Wildman–Crippen LogP) is 4.27. The van der Waals surface area contributed by atoms with Gasteiger partial charge < -0.3 is 9.64 Å². The van der Waals surface area contributed by atoms with Gasteiger partial charge in [0.2, 0.25) is 0 Å². The lowest BCUT2D eigenvalue weighted by atomic mass is 9.98. The van der Waals surface area contributed by atoms with E-state index in [-0.39, 0.29) is 5.91 Å². The minimum atomic E-state index is -0.475. The highest BCUT2D eigenvalue weighted by Gasteiger charge is 2.35. The number of ether oxygens (including phenoxy) is 1. The van der Waals surface area contributed by atoms with Crippen LogP contribution in [0.15, 0.2) is 42.9 Å². The summed E-state index contributed by atoms with van der Waals surface area (Å²) in [5, 5.41) is 1.57. The Morgan fingerprint density at radius 3 is 2.82 bits per heavy atom. The van der Waals surface area contributed by atoms with Gasteiger partial charge in [0.05, 0.1) is 5.52 Å². The number of hydrogen-bond acceptors (Lipinski definition) is 4. The Bertz CT molecular complexity index is 1060. The van der Waals surface area contributed by atoms with E-state index < -0.39 is 6.10 Å². The first kappa shape index (κ1) is 17.4. The fourth-order valence-corrected chi connectivity index (χ4v) is 4.45. The molecule has 0 bridgehead atoms. The van der Waals surface area contributed by atoms with Crippen molar-refractivity contribution in [2.45, 2.75) is 31.8 Å². The van der Waals surface area contributed by atoms with Crippen LogP contribution in [-0.4, -0.2) is 40.0 Å². The molecule has 0 aliphatic carbocycles. The number of amides is 1. The van der Waals surface area contributed by atoms with Gasteiger partial charge in [0.1, 0.15) is 5.75 Å². The van der Waals surface area contributed by atoms with Gasteiger partial charge in [0.25, 0.3) is 5.91 Å². The molecule has 1 fully saturated rings. The maximum absolute atomic E-state index is 13.0. The molecule has 4 heterocycles. The number of piperidine rings is 1. The smallest absolute Gasteiger partial charge is 0.263 e. The van der Waals surface area contributed by atoms with Crippen LogP contribution >= 0.6 is 11.6 Å². The summed E-state index contributed by atoms with van der Waals surface area (Å²) in [5.74, 6) is 0.829. The van der Waals surface area contributed by atoms with Gasteiger partial charge in [-0.25, -0.2) is 0 Å². The fraction of sp³-hybridized carbons (Fsp3) is 0.318. The van der Waals surface area contributed by atoms with Crippen molar-refractivity contribution in [1.29, 1.82) is 0 Å². The molecule has 5 rings (SSSR count). The van der Waals surface area contributed by atoms with Gasteiger partial charge in [-0.2, -0.15) is 0 Å². The van der Waals surface area contributed by atoms with Crippen molar-refractivity contribution in [3.63, 3.8) is 0 Å². The van der Waals surface area contributed by atoms with Crippen molar-refractivity contribution in [1.82, 2.24) is 14.9 Å². The summed E-state index contributed by atoms with van der Waals surface area (Å²) in [6.07, 6.45) is 8.71. The van der Waals surface area contributed by atoms with Crippen LogP contribution in [0.25, 0.3) is 22.0 Å². The molecular weight excluding hydrogens is 374 g/mol. The van der Waals surface area contributed by atoms with Gasteiger partial charge in [0, 0.05) is 59.6 Å². The van der Waals surface area contributed by atoms with Crippen LogP contribution in [0, 0.1) is 0 Å². The zero-order valence-electron chi connectivity index (χ0n) is 15.4. The van der Waals surface area contributed by atoms with Crippen molar-refractivity contribution in [3.8, 4) is 16.9 Å². The molecule has 2 aliphatic rings. The molecule has 2 aromatic heterocycles. The number of carbonyl (C=O) groups excluding carboxylic acids is 1. The SMILES string of the molecule is O=C(C1Cc2cc(Cl)cc(-c3ccnc4ccncc34)c2O1)N1CCCCC1. The summed E-state index contributed by atoms with van der Waals surface area (Å²) >= 11 is 6.42. The average Bonchev–Trinajstić information content (AvgIpc) is 3.17. The average molecular weight is 394 g/mol. The molecule has 5 nitrogen and oxygen atoms in total. The number of aromatic nitrogens is 2. The maximum atomic E-state index is 13.0. The van der Waals surface area contributed by atoms with Crippen molar-refractivity contribution in [3.05, 3.63) is 53.4 Å². The Hall–Kier alpha value is -2.66. The van der Waals surface area contributed by atoms with Crippen molar-refractivity contribution >= 4 is 28.4 Å². The summed E-state index contributed by atoms with van der Waals surface area (Å²) < 4.78 is 6.22. The van der Waals surface area contributed by atoms with Gasteiger partial charge in [-0.1, -0.05) is 11.6 Å². The van der Waals surface area contributed by atoms with Gasteiger partial charge in [-0.05, 0) is 49.1 Å². The standard InChI is InChI=1S/C22H20ClN3O2/c23-15-10-14-11-20(22(27)26-8-2-1-3-9-26)28-21(14)17(12-15)16-4-7-25-19-5-6-24-13-18(16)19/h4-7,10,12-13,20H,1-3,8-9,11H2. The topological polar surface area (TPSA) is 55.3 Å². The molecule has 1 atom stereocenters. The molecule has 3 aromatic rings. The minimum absolute atomic E-state index is 0.0826. The van der Waals surface area contributed by atoms with E-state index >= 15 is 0 Å². The number of carbonyl (C=O) groups is 1. The van der Waals surface area contributed by atoms with E-state index in [4.69, 9.17) is 16.3 Å². The van der Waals surface area contributed by atoms with Gasteiger partial charge in [-0.3, -0.25) is 14.8 Å². The zero-order valence-corrected chi connectivity index (χ0v) is 16.2. The third kappa shape index (κ3) is 3.00. The molecule has 28 heavy (non-hydrogen) atoms. The second-order valence-corrected chi connectivity index (χ2v) is 7.83. The second kappa shape index (κ2) is 7.06. The van der Waals surface area contributed by atoms with Crippen LogP contribution in [0.3, 0.4) is 0 Å². The number of pyridine rings is 2. The molecule has 1 saturated heterocycles. The molecule has 0 N–H and O–H groups in total. The monoisotopic (exact) mass is 393 g/mol. The van der Waals surface area contributed by atoms with Gasteiger partial charge >= 0.3 is 0 Å². The summed E-state index contributed by atoms with van der Waals surface area (Å²) in [4.78, 5) is 23.6. The quantitative estimate of drug-likeness (QED) is 0.652. The number of likely N-dealkylation sites (tertiary alicyclic amines) is 1. The lowest BCUT2D eigenvalue weighted by molar-refractivity contribution is -0.138. The van der Waals surface area contributed by atoms with Crippen LogP contribution in [-0.2, 0) is 11.2 Å². The Balaban J connectivity index is 1.54. The van der Waals surface area contributed by atoms with Crippen molar-refractivity contribution in [2.75, 3.05) is 13.1 Å². The van der Waals surface area contributed by atoms with Gasteiger partial charge in [0.15, 0.2) is 6.10 Å². The summed E-state index contributed by atoms with van der Waals surface area (Å²) in [6.45, 7) is 1.65. The molecule has 2 aliphatic heterocycles. The van der Waals surface area contributed by atoms with Crippen molar-refractivity contribution < 1.29 is 9.53 Å². The number of benzene rings is 1. The maximum Gasteiger partial charge on any atom is 0.263 e. The lowest BCUT2D eigenvalue weighted by Crippen LogP contribution is -2.43. The van der Waals surface area contributed by atoms with Crippen LogP contribution < -0.4 is 4.74 Å². The molecule has 142 valence electrons. The molecule has 6 heteroatoms. The highest BCUT2D eigenvalue weighted by Crippen LogP contribution is 2.43. The molecule has 1 amide bonds. The number of nitrogens with zero attached hydrogens (tertiary/aromatic N) is 3. The highest BCUT2D eigenvalue weighted by molar-refractivity contribution is 6.31. The normalized spacial score (nSPS) is 18.8. The first-order chi connectivity index (χ1) is 13.7. The lowest BCUT2D eigenvalue weighted by Gasteiger charge is -2.28. The molecule has 0 radical (unpaired) electrons. The summed E-state index contributed by atoms with van der Waals surface area (Å²) in [7, 11) is 0. The highest BCUT2D eigenvalue weighted by atomic mass is 35.5. The van der Waals surface area contributed by atoms with Gasteiger partial charge in [-0.15, -0.1) is 0 Å². The number of halogens is 1. The van der Waals surface area contributed by atoms with E-state index in [1.165, 1.54) is 6.42 Å². The fourth-order valence-electron chi connectivity index (χ4n) is 4.20. The molecular formula is C22H20ClN3O2. The van der Waals surface area contributed by atoms with Crippen LogP contribution in [0.5, 0.6) is 5.75 Å². The third-order valence-corrected chi connectivity index (χ3v) is 5.79. The Kier molecular flexibility index (Phi) is 4.40. The number of fused-ring (bicyclic) bond motifs is 2. The molecule has 1 unspecified atom stereocenters. The Morgan fingerprint density at radius 2 is 1.96 bits per heavy atom. The summed E-state index contributed by atoms with van der Waals surface area (Å²) in [6, 6.07) is 7.63. The van der Waals surface area contributed by atoms with Crippen LogP contribution in [0.2, 0.25) is 5.02 Å². The van der Waals surface area contributed by atoms with E-state index in [2.05, 4.69) is 9.97 Å². The van der Waals surface area contributed by atoms with E-state index in [9.17, 15) is 4.79 Å². The van der Waals surface area contributed by atoms with Crippen LogP contribution in [0.4, 0.5) is 0 Å². The van der Waals surface area contributed by atoms with E-state index in [1.807, 2.05) is 29.2 Å². The largest absolute Gasteiger partial charge is 0.479 e. The second-order valence-electron chi connectivity index (χ2n) is 7.39. The first-order valence-corrected chi connectivity index (χ1v) is 10.1. The Labute approximate surface area is 168 Å². The molecule has 0 spiro atoms. The number of rotatable bonds is 2. The van der Waals surface area contributed by atoms with Crippen molar-refractivity contribution in [2.24, 2.45) is 0 Å². The molecule has 0 saturated carbocycles. The van der Waals surface area contributed by atoms with Crippen LogP contribution in [0.1, 0.15) is 24.8 Å². The van der Waals surface area contributed by atoms with E-state index in [0.29, 0.717) is 11.4 Å².